The van der Waals surface area contributed by atoms with Crippen LogP contribution in [0.3, 0.4) is 0 Å². The van der Waals surface area contributed by atoms with Gasteiger partial charge in [0.05, 0.1) is 6.04 Å². The molecule has 0 bridgehead atoms. The van der Waals surface area contributed by atoms with Crippen molar-refractivity contribution in [1.82, 2.24) is 5.32 Å². The van der Waals surface area contributed by atoms with E-state index < -0.39 is 0 Å². The van der Waals surface area contributed by atoms with E-state index in [-0.39, 0.29) is 23.0 Å². The van der Waals surface area contributed by atoms with Crippen LogP contribution in [0.5, 0.6) is 5.75 Å². The van der Waals surface area contributed by atoms with Crippen molar-refractivity contribution in [3.05, 3.63) is 29.8 Å². The average molecular weight is 289 g/mol. The summed E-state index contributed by atoms with van der Waals surface area (Å²) in [5, 5.41) is 3.22. The zero-order chi connectivity index (χ0) is 15.7. The molecule has 116 valence electrons. The summed E-state index contributed by atoms with van der Waals surface area (Å²) in [5.41, 5.74) is 0.533. The lowest BCUT2D eigenvalue weighted by molar-refractivity contribution is -0.130. The van der Waals surface area contributed by atoms with Gasteiger partial charge in [0.2, 0.25) is 5.91 Å². The standard InChI is InChI=1S/C18H27NO2/c1-6-18(7-2)12-14(19-16(20)17(3,4)5)13-10-8-9-11-15(13)21-18/h8-11,14H,6-7,12H2,1-5H3,(H,19,20). The molecule has 0 spiro atoms. The quantitative estimate of drug-likeness (QED) is 0.904. The molecule has 3 nitrogen and oxygen atoms in total. The predicted molar refractivity (Wildman–Crippen MR) is 85.3 cm³/mol. The van der Waals surface area contributed by atoms with Gasteiger partial charge in [0, 0.05) is 17.4 Å². The van der Waals surface area contributed by atoms with Gasteiger partial charge in [-0.15, -0.1) is 0 Å². The minimum Gasteiger partial charge on any atom is -0.487 e. The lowest BCUT2D eigenvalue weighted by Gasteiger charge is -2.42. The number of hydrogen-bond acceptors (Lipinski definition) is 2. The molecule has 0 fully saturated rings. The monoisotopic (exact) mass is 289 g/mol. The predicted octanol–water partition coefficient (Wildman–Crippen LogP) is 4.23. The summed E-state index contributed by atoms with van der Waals surface area (Å²) in [4.78, 5) is 12.4. The molecule has 1 unspecified atom stereocenters. The molecular formula is C18H27NO2. The van der Waals surface area contributed by atoms with Gasteiger partial charge in [-0.1, -0.05) is 52.8 Å². The van der Waals surface area contributed by atoms with Crippen molar-refractivity contribution in [2.24, 2.45) is 5.41 Å². The Morgan fingerprint density at radius 3 is 2.48 bits per heavy atom. The molecule has 0 saturated carbocycles. The number of carbonyl (C=O) groups excluding carboxylic acids is 1. The summed E-state index contributed by atoms with van der Waals surface area (Å²) in [6, 6.07) is 8.08. The average Bonchev–Trinajstić information content (AvgIpc) is 2.46. The molecule has 1 N–H and O–H groups in total. The fourth-order valence-electron chi connectivity index (χ4n) is 2.80. The first-order chi connectivity index (χ1) is 9.81. The molecule has 1 aromatic carbocycles. The van der Waals surface area contributed by atoms with E-state index >= 15 is 0 Å². The van der Waals surface area contributed by atoms with Crippen LogP contribution in [0.4, 0.5) is 0 Å². The molecule has 1 aliphatic rings. The minimum absolute atomic E-state index is 0.0292. The number of para-hydroxylation sites is 1. The number of benzene rings is 1. The first-order valence-electron chi connectivity index (χ1n) is 7.90. The third kappa shape index (κ3) is 3.22. The minimum atomic E-state index is -0.381. The van der Waals surface area contributed by atoms with Crippen molar-refractivity contribution in [3.63, 3.8) is 0 Å². The first-order valence-corrected chi connectivity index (χ1v) is 7.90. The number of rotatable bonds is 3. The Morgan fingerprint density at radius 2 is 1.90 bits per heavy atom. The van der Waals surface area contributed by atoms with E-state index in [0.29, 0.717) is 0 Å². The van der Waals surface area contributed by atoms with Crippen LogP contribution in [0, 0.1) is 5.41 Å². The molecular weight excluding hydrogens is 262 g/mol. The van der Waals surface area contributed by atoms with Gasteiger partial charge in [0.1, 0.15) is 11.4 Å². The van der Waals surface area contributed by atoms with Gasteiger partial charge in [-0.05, 0) is 18.9 Å². The summed E-state index contributed by atoms with van der Waals surface area (Å²) in [6.45, 7) is 10.1. The third-order valence-electron chi connectivity index (χ3n) is 4.47. The molecule has 3 heteroatoms. The maximum atomic E-state index is 12.4. The summed E-state index contributed by atoms with van der Waals surface area (Å²) < 4.78 is 6.26. The Kier molecular flexibility index (Phi) is 4.31. The smallest absolute Gasteiger partial charge is 0.225 e. The number of carbonyl (C=O) groups is 1. The summed E-state index contributed by atoms with van der Waals surface area (Å²) in [7, 11) is 0. The van der Waals surface area contributed by atoms with Crippen LogP contribution in [-0.4, -0.2) is 11.5 Å². The molecule has 0 radical (unpaired) electrons. The second-order valence-corrected chi connectivity index (χ2v) is 7.01. The van der Waals surface area contributed by atoms with Crippen LogP contribution in [0.25, 0.3) is 0 Å². The number of nitrogens with one attached hydrogen (secondary N) is 1. The SMILES string of the molecule is CCC1(CC)CC(NC(=O)C(C)(C)C)c2ccccc2O1. The molecule has 0 aliphatic carbocycles. The van der Waals surface area contributed by atoms with Crippen molar-refractivity contribution in [3.8, 4) is 5.75 Å². The van der Waals surface area contributed by atoms with Crippen LogP contribution in [0.2, 0.25) is 0 Å². The van der Waals surface area contributed by atoms with E-state index in [1.807, 2.05) is 39.0 Å². The molecule has 1 aromatic rings. The van der Waals surface area contributed by atoms with E-state index in [4.69, 9.17) is 4.74 Å². The number of ether oxygens (including phenoxy) is 1. The van der Waals surface area contributed by atoms with Gasteiger partial charge in [-0.3, -0.25) is 4.79 Å². The van der Waals surface area contributed by atoms with Crippen LogP contribution >= 0.6 is 0 Å². The highest BCUT2D eigenvalue weighted by Gasteiger charge is 2.39. The van der Waals surface area contributed by atoms with Crippen molar-refractivity contribution in [1.29, 1.82) is 0 Å². The second kappa shape index (κ2) is 5.70. The van der Waals surface area contributed by atoms with Crippen molar-refractivity contribution >= 4 is 5.91 Å². The Bertz CT molecular complexity index is 512. The number of hydrogen-bond donors (Lipinski definition) is 1. The van der Waals surface area contributed by atoms with Crippen molar-refractivity contribution < 1.29 is 9.53 Å². The highest BCUT2D eigenvalue weighted by molar-refractivity contribution is 5.81. The lowest BCUT2D eigenvalue weighted by Crippen LogP contribution is -2.46. The molecule has 1 amide bonds. The number of amides is 1. The Hall–Kier alpha value is -1.51. The highest BCUT2D eigenvalue weighted by Crippen LogP contribution is 2.42. The molecule has 0 saturated heterocycles. The van der Waals surface area contributed by atoms with Crippen LogP contribution in [-0.2, 0) is 4.79 Å². The van der Waals surface area contributed by atoms with Gasteiger partial charge in [-0.25, -0.2) is 0 Å². The molecule has 1 atom stereocenters. The lowest BCUT2D eigenvalue weighted by atomic mass is 9.83. The second-order valence-electron chi connectivity index (χ2n) is 7.01. The van der Waals surface area contributed by atoms with E-state index in [1.165, 1.54) is 0 Å². The fourth-order valence-corrected chi connectivity index (χ4v) is 2.80. The summed E-state index contributed by atoms with van der Waals surface area (Å²) >= 11 is 0. The maximum absolute atomic E-state index is 12.4. The van der Waals surface area contributed by atoms with Gasteiger partial charge in [-0.2, -0.15) is 0 Å². The van der Waals surface area contributed by atoms with Crippen molar-refractivity contribution in [2.75, 3.05) is 0 Å². The topological polar surface area (TPSA) is 38.3 Å². The van der Waals surface area contributed by atoms with Crippen LogP contribution in [0.15, 0.2) is 24.3 Å². The summed E-state index contributed by atoms with van der Waals surface area (Å²) in [6.07, 6.45) is 2.72. The molecule has 2 rings (SSSR count). The van der Waals surface area contributed by atoms with Crippen LogP contribution < -0.4 is 10.1 Å². The van der Waals surface area contributed by atoms with Gasteiger partial charge in [0.25, 0.3) is 0 Å². The van der Waals surface area contributed by atoms with E-state index in [1.54, 1.807) is 0 Å². The van der Waals surface area contributed by atoms with Crippen molar-refractivity contribution in [2.45, 2.75) is 65.5 Å². The summed E-state index contributed by atoms with van der Waals surface area (Å²) in [5.74, 6) is 0.997. The zero-order valence-corrected chi connectivity index (χ0v) is 13.8. The largest absolute Gasteiger partial charge is 0.487 e. The molecule has 0 aromatic heterocycles. The fraction of sp³-hybridized carbons (Fsp3) is 0.611. The van der Waals surface area contributed by atoms with Gasteiger partial charge >= 0.3 is 0 Å². The number of fused-ring (bicyclic) bond motifs is 1. The van der Waals surface area contributed by atoms with Gasteiger partial charge < -0.3 is 10.1 Å². The van der Waals surface area contributed by atoms with E-state index in [9.17, 15) is 4.79 Å². The third-order valence-corrected chi connectivity index (χ3v) is 4.47. The van der Waals surface area contributed by atoms with Gasteiger partial charge in [0.15, 0.2) is 0 Å². The van der Waals surface area contributed by atoms with Crippen LogP contribution in [0.1, 0.15) is 65.5 Å². The highest BCUT2D eigenvalue weighted by atomic mass is 16.5. The molecule has 1 heterocycles. The zero-order valence-electron chi connectivity index (χ0n) is 13.8. The Labute approximate surface area is 128 Å². The van der Waals surface area contributed by atoms with E-state index in [0.717, 1.165) is 30.6 Å². The normalized spacial score (nSPS) is 20.3. The molecule has 1 aliphatic heterocycles. The Morgan fingerprint density at radius 1 is 1.29 bits per heavy atom. The van der Waals surface area contributed by atoms with E-state index in [2.05, 4.69) is 25.2 Å². The first kappa shape index (κ1) is 15.9. The maximum Gasteiger partial charge on any atom is 0.225 e. The Balaban J connectivity index is 2.33. The molecule has 21 heavy (non-hydrogen) atoms.